The van der Waals surface area contributed by atoms with Crippen LogP contribution in [0, 0.1) is 18.6 Å². The molecule has 0 aliphatic heterocycles. The van der Waals surface area contributed by atoms with Crippen LogP contribution in [-0.4, -0.2) is 17.0 Å². The van der Waals surface area contributed by atoms with Gasteiger partial charge >= 0.3 is 0 Å². The number of aryl methyl sites for hydroxylation is 1. The van der Waals surface area contributed by atoms with E-state index in [-0.39, 0.29) is 52.8 Å². The zero-order valence-electron chi connectivity index (χ0n) is 17.0. The summed E-state index contributed by atoms with van der Waals surface area (Å²) in [6.45, 7) is 1.84. The molecule has 1 aromatic heterocycles. The summed E-state index contributed by atoms with van der Waals surface area (Å²) in [4.78, 5) is 24.2. The van der Waals surface area contributed by atoms with Crippen LogP contribution in [0.25, 0.3) is 5.69 Å². The summed E-state index contributed by atoms with van der Waals surface area (Å²) >= 11 is 3.26. The molecule has 1 amide bonds. The van der Waals surface area contributed by atoms with E-state index in [1.54, 1.807) is 37.3 Å². The van der Waals surface area contributed by atoms with Gasteiger partial charge < -0.3 is 15.8 Å². The molecule has 0 spiro atoms. The zero-order chi connectivity index (χ0) is 22.5. The van der Waals surface area contributed by atoms with E-state index < -0.39 is 11.6 Å². The standard InChI is InChI=1S/C22H20BrF2N3O3.ClH/c1-13-8-19(31-12-15-4-5-16(24)9-18(15)25)21(23)22(30)28(13)17-6-2-14(3-7-17)11-27-20(29)10-26;/h2-9H,10-12,26H2,1H3,(H,27,29);1H. The lowest BCUT2D eigenvalue weighted by atomic mass is 10.2. The van der Waals surface area contributed by atoms with Crippen molar-refractivity contribution in [3.8, 4) is 11.4 Å². The predicted octanol–water partition coefficient (Wildman–Crippen LogP) is 3.76. The molecule has 0 saturated carbocycles. The Hall–Kier alpha value is -2.75. The molecule has 0 radical (unpaired) electrons. The van der Waals surface area contributed by atoms with Gasteiger partial charge in [-0.1, -0.05) is 12.1 Å². The maximum absolute atomic E-state index is 13.8. The van der Waals surface area contributed by atoms with Crippen molar-refractivity contribution in [1.82, 2.24) is 9.88 Å². The molecule has 0 aliphatic carbocycles. The maximum atomic E-state index is 13.8. The number of hydrogen-bond donors (Lipinski definition) is 2. The monoisotopic (exact) mass is 527 g/mol. The molecule has 0 bridgehead atoms. The number of ether oxygens (including phenoxy) is 1. The number of carbonyl (C=O) groups is 1. The highest BCUT2D eigenvalue weighted by molar-refractivity contribution is 9.10. The molecule has 0 unspecified atom stereocenters. The van der Waals surface area contributed by atoms with E-state index in [1.165, 1.54) is 10.6 Å². The van der Waals surface area contributed by atoms with Crippen molar-refractivity contribution in [2.45, 2.75) is 20.1 Å². The fourth-order valence-electron chi connectivity index (χ4n) is 2.94. The second-order valence-electron chi connectivity index (χ2n) is 6.78. The Morgan fingerprint density at radius 1 is 1.16 bits per heavy atom. The molecule has 6 nitrogen and oxygen atoms in total. The summed E-state index contributed by atoms with van der Waals surface area (Å²) in [6, 6.07) is 12.0. The molecule has 0 atom stereocenters. The highest BCUT2D eigenvalue weighted by Crippen LogP contribution is 2.25. The minimum Gasteiger partial charge on any atom is -0.487 e. The van der Waals surface area contributed by atoms with Crippen LogP contribution in [0.1, 0.15) is 16.8 Å². The number of pyridine rings is 1. The van der Waals surface area contributed by atoms with E-state index >= 15 is 0 Å². The largest absolute Gasteiger partial charge is 0.487 e. The van der Waals surface area contributed by atoms with Crippen LogP contribution in [0.3, 0.4) is 0 Å². The Kier molecular flexibility index (Phi) is 8.94. The molecule has 0 saturated heterocycles. The SMILES string of the molecule is Cc1cc(OCc2ccc(F)cc2F)c(Br)c(=O)n1-c1ccc(CNC(=O)CN)cc1.Cl. The minimum absolute atomic E-state index is 0. The van der Waals surface area contributed by atoms with Crippen LogP contribution in [0.2, 0.25) is 0 Å². The third-order valence-corrected chi connectivity index (χ3v) is 5.30. The maximum Gasteiger partial charge on any atom is 0.273 e. The van der Waals surface area contributed by atoms with Gasteiger partial charge in [-0.15, -0.1) is 12.4 Å². The summed E-state index contributed by atoms with van der Waals surface area (Å²) in [5, 5.41) is 2.68. The van der Waals surface area contributed by atoms with Crippen LogP contribution in [0.5, 0.6) is 5.75 Å². The topological polar surface area (TPSA) is 86.3 Å². The Bertz CT molecular complexity index is 1170. The number of halogens is 4. The van der Waals surface area contributed by atoms with Gasteiger partial charge in [0.25, 0.3) is 5.56 Å². The fourth-order valence-corrected chi connectivity index (χ4v) is 3.34. The molecule has 3 aromatic rings. The molecule has 32 heavy (non-hydrogen) atoms. The molecular formula is C22H21BrClF2N3O3. The number of carbonyl (C=O) groups excluding carboxylic acids is 1. The fraction of sp³-hybridized carbons (Fsp3) is 0.182. The molecule has 1 heterocycles. The predicted molar refractivity (Wildman–Crippen MR) is 123 cm³/mol. The first kappa shape index (κ1) is 25.5. The number of nitrogens with one attached hydrogen (secondary N) is 1. The first-order valence-electron chi connectivity index (χ1n) is 9.35. The van der Waals surface area contributed by atoms with Gasteiger partial charge in [-0.3, -0.25) is 14.2 Å². The highest BCUT2D eigenvalue weighted by Gasteiger charge is 2.14. The van der Waals surface area contributed by atoms with Crippen molar-refractivity contribution in [2.24, 2.45) is 5.73 Å². The average molecular weight is 529 g/mol. The van der Waals surface area contributed by atoms with Crippen LogP contribution >= 0.6 is 28.3 Å². The molecule has 0 fully saturated rings. The van der Waals surface area contributed by atoms with E-state index in [9.17, 15) is 18.4 Å². The van der Waals surface area contributed by atoms with Gasteiger partial charge in [-0.2, -0.15) is 0 Å². The molecule has 3 rings (SSSR count). The van der Waals surface area contributed by atoms with Gasteiger partial charge in [-0.05, 0) is 52.7 Å². The van der Waals surface area contributed by atoms with Gasteiger partial charge in [0.2, 0.25) is 5.91 Å². The second kappa shape index (κ2) is 11.2. The van der Waals surface area contributed by atoms with Crippen molar-refractivity contribution in [1.29, 1.82) is 0 Å². The number of amides is 1. The lowest BCUT2D eigenvalue weighted by Crippen LogP contribution is -2.29. The Morgan fingerprint density at radius 3 is 2.47 bits per heavy atom. The Morgan fingerprint density at radius 2 is 1.84 bits per heavy atom. The molecule has 3 N–H and O–H groups in total. The van der Waals surface area contributed by atoms with E-state index in [1.807, 2.05) is 0 Å². The third-order valence-electron chi connectivity index (χ3n) is 4.57. The normalized spacial score (nSPS) is 10.4. The number of nitrogens with zero attached hydrogens (tertiary/aromatic N) is 1. The average Bonchev–Trinajstić information content (AvgIpc) is 2.75. The Balaban J connectivity index is 0.00000363. The van der Waals surface area contributed by atoms with Crippen molar-refractivity contribution < 1.29 is 18.3 Å². The van der Waals surface area contributed by atoms with Gasteiger partial charge in [0, 0.05) is 35.6 Å². The van der Waals surface area contributed by atoms with Gasteiger partial charge in [0.05, 0.1) is 6.54 Å². The molecule has 0 aliphatic rings. The summed E-state index contributed by atoms with van der Waals surface area (Å²) in [7, 11) is 0. The first-order chi connectivity index (χ1) is 14.8. The van der Waals surface area contributed by atoms with Crippen molar-refractivity contribution in [3.63, 3.8) is 0 Å². The number of rotatable bonds is 7. The van der Waals surface area contributed by atoms with Crippen LogP contribution in [-0.2, 0) is 17.9 Å². The third kappa shape index (κ3) is 5.93. The van der Waals surface area contributed by atoms with Crippen LogP contribution < -0.4 is 21.3 Å². The van der Waals surface area contributed by atoms with E-state index in [0.29, 0.717) is 17.9 Å². The van der Waals surface area contributed by atoms with Crippen LogP contribution in [0.15, 0.2) is 57.8 Å². The summed E-state index contributed by atoms with van der Waals surface area (Å²) in [6.07, 6.45) is 0. The summed E-state index contributed by atoms with van der Waals surface area (Å²) in [5.41, 5.74) is 7.18. The smallest absolute Gasteiger partial charge is 0.273 e. The van der Waals surface area contributed by atoms with Gasteiger partial charge in [-0.25, -0.2) is 8.78 Å². The number of aromatic nitrogens is 1. The van der Waals surface area contributed by atoms with Gasteiger partial charge in [0.15, 0.2) is 0 Å². The Labute approximate surface area is 197 Å². The number of hydrogen-bond acceptors (Lipinski definition) is 4. The number of nitrogens with two attached hydrogens (primary N) is 1. The lowest BCUT2D eigenvalue weighted by Gasteiger charge is -2.15. The molecule has 10 heteroatoms. The van der Waals surface area contributed by atoms with Gasteiger partial charge in [0.1, 0.15) is 28.5 Å². The second-order valence-corrected chi connectivity index (χ2v) is 7.57. The first-order valence-corrected chi connectivity index (χ1v) is 10.1. The van der Waals surface area contributed by atoms with Crippen molar-refractivity contribution in [2.75, 3.05) is 6.54 Å². The molecule has 2 aromatic carbocycles. The van der Waals surface area contributed by atoms with Crippen molar-refractivity contribution >= 4 is 34.2 Å². The molecule has 170 valence electrons. The van der Waals surface area contributed by atoms with E-state index in [4.69, 9.17) is 10.5 Å². The number of benzene rings is 2. The molecular weight excluding hydrogens is 508 g/mol. The van der Waals surface area contributed by atoms with E-state index in [0.717, 1.165) is 17.7 Å². The van der Waals surface area contributed by atoms with Crippen molar-refractivity contribution in [3.05, 3.63) is 91.8 Å². The zero-order valence-corrected chi connectivity index (χ0v) is 19.4. The summed E-state index contributed by atoms with van der Waals surface area (Å²) < 4.78 is 34.2. The minimum atomic E-state index is -0.719. The highest BCUT2D eigenvalue weighted by atomic mass is 79.9. The van der Waals surface area contributed by atoms with Crippen LogP contribution in [0.4, 0.5) is 8.78 Å². The summed E-state index contributed by atoms with van der Waals surface area (Å²) in [5.74, 6) is -1.39. The quantitative estimate of drug-likeness (QED) is 0.489. The lowest BCUT2D eigenvalue weighted by molar-refractivity contribution is -0.119. The van der Waals surface area contributed by atoms with E-state index in [2.05, 4.69) is 21.2 Å².